The molecule has 1 aliphatic rings. The molecule has 0 saturated heterocycles. The monoisotopic (exact) mass is 211 g/mol. The molecule has 1 saturated carbocycles. The van der Waals surface area contributed by atoms with E-state index in [1.165, 1.54) is 32.1 Å². The molecule has 0 N–H and O–H groups in total. The van der Waals surface area contributed by atoms with Crippen molar-refractivity contribution in [1.29, 1.82) is 5.26 Å². The maximum atomic E-state index is 9.22. The Bertz CT molecular complexity index is 391. The highest BCUT2D eigenvalue weighted by Gasteiger charge is 2.17. The van der Waals surface area contributed by atoms with E-state index in [-0.39, 0.29) is 0 Å². The Morgan fingerprint density at radius 3 is 2.44 bits per heavy atom. The summed E-state index contributed by atoms with van der Waals surface area (Å²) in [4.78, 5) is 0. The number of nitrogens with zero attached hydrogens (tertiary/aromatic N) is 1. The summed E-state index contributed by atoms with van der Waals surface area (Å²) in [5, 5.41) is 9.22. The lowest BCUT2D eigenvalue weighted by Gasteiger charge is -2.20. The van der Waals surface area contributed by atoms with E-state index in [1.54, 1.807) is 0 Å². The van der Waals surface area contributed by atoms with Gasteiger partial charge in [-0.05, 0) is 30.4 Å². The zero-order valence-electron chi connectivity index (χ0n) is 9.52. The molecule has 0 atom stereocenters. The minimum atomic E-state index is 0.499. The highest BCUT2D eigenvalue weighted by molar-refractivity contribution is 5.57. The summed E-state index contributed by atoms with van der Waals surface area (Å²) in [6, 6.07) is 12.5. The summed E-state index contributed by atoms with van der Waals surface area (Å²) in [5.41, 5.74) is 2.11. The first-order chi connectivity index (χ1) is 7.90. The van der Waals surface area contributed by atoms with Crippen LogP contribution in [-0.2, 0) is 0 Å². The molecule has 0 aromatic heterocycles. The quantitative estimate of drug-likeness (QED) is 0.673. The van der Waals surface area contributed by atoms with Crippen molar-refractivity contribution in [2.75, 3.05) is 0 Å². The first-order valence-corrected chi connectivity index (χ1v) is 6.07. The van der Waals surface area contributed by atoms with Crippen molar-refractivity contribution >= 4 is 6.08 Å². The van der Waals surface area contributed by atoms with Gasteiger partial charge in [0.1, 0.15) is 0 Å². The molecule has 82 valence electrons. The molecular weight excluding hydrogens is 194 g/mol. The van der Waals surface area contributed by atoms with Gasteiger partial charge in [-0.2, -0.15) is 5.26 Å². The third-order valence-electron chi connectivity index (χ3n) is 3.30. The SMILES string of the molecule is N#CC(=Cc1ccccc1)C1CCCCC1. The number of nitriles is 1. The van der Waals surface area contributed by atoms with Gasteiger partial charge in [0.15, 0.2) is 0 Å². The molecule has 2 rings (SSSR count). The fourth-order valence-corrected chi connectivity index (χ4v) is 2.38. The van der Waals surface area contributed by atoms with Crippen LogP contribution in [0.1, 0.15) is 37.7 Å². The standard InChI is InChI=1S/C15H17N/c16-12-15(14-9-5-2-6-10-14)11-13-7-3-1-4-8-13/h1,3-4,7-8,11,14H,2,5-6,9-10H2. The fraction of sp³-hybridized carbons (Fsp3) is 0.400. The molecule has 0 spiro atoms. The first kappa shape index (κ1) is 11.0. The van der Waals surface area contributed by atoms with Gasteiger partial charge in [-0.3, -0.25) is 0 Å². The summed E-state index contributed by atoms with van der Waals surface area (Å²) >= 11 is 0. The Kier molecular flexibility index (Phi) is 3.77. The number of benzene rings is 1. The molecule has 1 fully saturated rings. The largest absolute Gasteiger partial charge is 0.193 e. The summed E-state index contributed by atoms with van der Waals surface area (Å²) in [7, 11) is 0. The number of hydrogen-bond acceptors (Lipinski definition) is 1. The van der Waals surface area contributed by atoms with Gasteiger partial charge < -0.3 is 0 Å². The third-order valence-corrected chi connectivity index (χ3v) is 3.30. The van der Waals surface area contributed by atoms with Gasteiger partial charge in [-0.1, -0.05) is 49.6 Å². The van der Waals surface area contributed by atoms with Gasteiger partial charge >= 0.3 is 0 Å². The lowest BCUT2D eigenvalue weighted by atomic mass is 9.83. The minimum Gasteiger partial charge on any atom is -0.193 e. The van der Waals surface area contributed by atoms with Gasteiger partial charge in [-0.25, -0.2) is 0 Å². The molecule has 1 aromatic rings. The molecule has 0 aliphatic heterocycles. The molecule has 1 nitrogen and oxygen atoms in total. The van der Waals surface area contributed by atoms with Crippen molar-refractivity contribution in [3.8, 4) is 6.07 Å². The Labute approximate surface area is 97.4 Å². The molecule has 0 amide bonds. The Balaban J connectivity index is 2.16. The van der Waals surface area contributed by atoms with E-state index in [0.29, 0.717) is 5.92 Å². The summed E-state index contributed by atoms with van der Waals surface area (Å²) in [5.74, 6) is 0.499. The normalized spacial score (nSPS) is 18.1. The Morgan fingerprint density at radius 2 is 1.81 bits per heavy atom. The van der Waals surface area contributed by atoms with Crippen molar-refractivity contribution in [3.63, 3.8) is 0 Å². The van der Waals surface area contributed by atoms with E-state index >= 15 is 0 Å². The van der Waals surface area contributed by atoms with E-state index < -0.39 is 0 Å². The van der Waals surface area contributed by atoms with Crippen LogP contribution in [0.4, 0.5) is 0 Å². The van der Waals surface area contributed by atoms with Crippen LogP contribution < -0.4 is 0 Å². The van der Waals surface area contributed by atoms with Gasteiger partial charge in [0, 0.05) is 5.57 Å². The van der Waals surface area contributed by atoms with Crippen LogP contribution in [0.2, 0.25) is 0 Å². The smallest absolute Gasteiger partial charge is 0.0950 e. The molecule has 0 heterocycles. The Hall–Kier alpha value is -1.55. The van der Waals surface area contributed by atoms with Crippen molar-refractivity contribution in [1.82, 2.24) is 0 Å². The number of rotatable bonds is 2. The topological polar surface area (TPSA) is 23.8 Å². The van der Waals surface area contributed by atoms with E-state index in [9.17, 15) is 5.26 Å². The zero-order valence-corrected chi connectivity index (χ0v) is 9.52. The van der Waals surface area contributed by atoms with E-state index in [0.717, 1.165) is 11.1 Å². The Morgan fingerprint density at radius 1 is 1.12 bits per heavy atom. The summed E-state index contributed by atoms with van der Waals surface area (Å²) < 4.78 is 0. The van der Waals surface area contributed by atoms with Crippen LogP contribution in [0.25, 0.3) is 6.08 Å². The van der Waals surface area contributed by atoms with Gasteiger partial charge in [-0.15, -0.1) is 0 Å². The lowest BCUT2D eigenvalue weighted by Crippen LogP contribution is -2.08. The second-order valence-electron chi connectivity index (χ2n) is 4.46. The average Bonchev–Trinajstić information content (AvgIpc) is 2.38. The van der Waals surface area contributed by atoms with Crippen LogP contribution in [0.15, 0.2) is 35.9 Å². The van der Waals surface area contributed by atoms with Crippen LogP contribution in [0.5, 0.6) is 0 Å². The van der Waals surface area contributed by atoms with Crippen LogP contribution in [-0.4, -0.2) is 0 Å². The molecular formula is C15H17N. The summed E-state index contributed by atoms with van der Waals surface area (Å²) in [6.07, 6.45) is 8.31. The van der Waals surface area contributed by atoms with Gasteiger partial charge in [0.2, 0.25) is 0 Å². The molecule has 1 heteroatoms. The van der Waals surface area contributed by atoms with E-state index in [4.69, 9.17) is 0 Å². The zero-order chi connectivity index (χ0) is 11.2. The minimum absolute atomic E-state index is 0.499. The predicted molar refractivity (Wildman–Crippen MR) is 66.6 cm³/mol. The van der Waals surface area contributed by atoms with E-state index in [2.05, 4.69) is 24.3 Å². The molecule has 0 radical (unpaired) electrons. The second-order valence-corrected chi connectivity index (χ2v) is 4.46. The number of allylic oxidation sites excluding steroid dienone is 1. The summed E-state index contributed by atoms with van der Waals surface area (Å²) in [6.45, 7) is 0. The highest BCUT2D eigenvalue weighted by atomic mass is 14.3. The molecule has 1 aromatic carbocycles. The molecule has 16 heavy (non-hydrogen) atoms. The van der Waals surface area contributed by atoms with Crippen LogP contribution in [0, 0.1) is 17.2 Å². The molecule has 1 aliphatic carbocycles. The van der Waals surface area contributed by atoms with Crippen molar-refractivity contribution in [2.45, 2.75) is 32.1 Å². The average molecular weight is 211 g/mol. The highest BCUT2D eigenvalue weighted by Crippen LogP contribution is 2.30. The third kappa shape index (κ3) is 2.73. The van der Waals surface area contributed by atoms with Gasteiger partial charge in [0.25, 0.3) is 0 Å². The van der Waals surface area contributed by atoms with Crippen LogP contribution in [0.3, 0.4) is 0 Å². The number of hydrogen-bond donors (Lipinski definition) is 0. The van der Waals surface area contributed by atoms with Crippen LogP contribution >= 0.6 is 0 Å². The maximum Gasteiger partial charge on any atom is 0.0950 e. The second kappa shape index (κ2) is 5.51. The maximum absolute atomic E-state index is 9.22. The molecule has 0 unspecified atom stereocenters. The van der Waals surface area contributed by atoms with Crippen molar-refractivity contribution in [3.05, 3.63) is 41.5 Å². The predicted octanol–water partition coefficient (Wildman–Crippen LogP) is 4.17. The van der Waals surface area contributed by atoms with E-state index in [1.807, 2.05) is 18.2 Å². The molecule has 0 bridgehead atoms. The van der Waals surface area contributed by atoms with Crippen molar-refractivity contribution in [2.24, 2.45) is 5.92 Å². The fourth-order valence-electron chi connectivity index (χ4n) is 2.38. The van der Waals surface area contributed by atoms with Crippen molar-refractivity contribution < 1.29 is 0 Å². The first-order valence-electron chi connectivity index (χ1n) is 6.07. The lowest BCUT2D eigenvalue weighted by molar-refractivity contribution is 0.411. The van der Waals surface area contributed by atoms with Gasteiger partial charge in [0.05, 0.1) is 6.07 Å².